The van der Waals surface area contributed by atoms with Gasteiger partial charge in [-0.25, -0.2) is 18.7 Å². The van der Waals surface area contributed by atoms with E-state index in [1.165, 1.54) is 12.3 Å². The molecule has 2 aromatic rings. The lowest BCUT2D eigenvalue weighted by Crippen LogP contribution is -2.14. The van der Waals surface area contributed by atoms with E-state index in [0.29, 0.717) is 12.4 Å². The molecule has 0 radical (unpaired) electrons. The SMILES string of the molecule is O=C(c1cnc(CS)nc1Nc1c(F)cccc1F)C1CO1. The summed E-state index contributed by atoms with van der Waals surface area (Å²) in [6, 6.07) is 3.47. The highest BCUT2D eigenvalue weighted by Crippen LogP contribution is 2.27. The van der Waals surface area contributed by atoms with Crippen molar-refractivity contribution in [3.63, 3.8) is 0 Å². The lowest BCUT2D eigenvalue weighted by atomic mass is 10.1. The molecule has 114 valence electrons. The molecular formula is C14H11F2N3O2S. The smallest absolute Gasteiger partial charge is 0.199 e. The highest BCUT2D eigenvalue weighted by molar-refractivity contribution is 7.79. The normalized spacial score (nSPS) is 16.4. The predicted octanol–water partition coefficient (Wildman–Crippen LogP) is 2.51. The molecule has 0 aliphatic carbocycles. The van der Waals surface area contributed by atoms with Gasteiger partial charge in [0.05, 0.1) is 17.9 Å². The molecule has 2 heterocycles. The van der Waals surface area contributed by atoms with Gasteiger partial charge in [-0.2, -0.15) is 12.6 Å². The highest BCUT2D eigenvalue weighted by Gasteiger charge is 2.34. The lowest BCUT2D eigenvalue weighted by molar-refractivity contribution is 0.0954. The number of carbonyl (C=O) groups is 1. The van der Waals surface area contributed by atoms with Gasteiger partial charge in [0.1, 0.15) is 35.1 Å². The zero-order valence-electron chi connectivity index (χ0n) is 11.2. The Balaban J connectivity index is 2.02. The summed E-state index contributed by atoms with van der Waals surface area (Å²) in [4.78, 5) is 20.2. The van der Waals surface area contributed by atoms with Gasteiger partial charge in [0, 0.05) is 6.20 Å². The molecule has 3 rings (SSSR count). The monoisotopic (exact) mass is 323 g/mol. The molecule has 0 bridgehead atoms. The number of nitrogens with zero attached hydrogens (tertiary/aromatic N) is 2. The van der Waals surface area contributed by atoms with Gasteiger partial charge in [-0.3, -0.25) is 4.79 Å². The van der Waals surface area contributed by atoms with Gasteiger partial charge >= 0.3 is 0 Å². The standard InChI is InChI=1S/C14H11F2N3O2S/c15-8-2-1-3-9(16)12(8)19-14-7(13(20)10-5-21-10)4-17-11(6-22)18-14/h1-4,10,22H,5-6H2,(H,17,18,19). The fourth-order valence-electron chi connectivity index (χ4n) is 1.88. The molecule has 1 fully saturated rings. The first-order valence-corrected chi connectivity index (χ1v) is 7.07. The van der Waals surface area contributed by atoms with Crippen LogP contribution in [0.3, 0.4) is 0 Å². The maximum absolute atomic E-state index is 13.8. The van der Waals surface area contributed by atoms with Crippen LogP contribution in [0.2, 0.25) is 0 Å². The van der Waals surface area contributed by atoms with Crippen molar-refractivity contribution >= 4 is 29.9 Å². The predicted molar refractivity (Wildman–Crippen MR) is 78.4 cm³/mol. The Kier molecular flexibility index (Phi) is 4.04. The number of hydrogen-bond acceptors (Lipinski definition) is 6. The Morgan fingerprint density at radius 1 is 1.41 bits per heavy atom. The van der Waals surface area contributed by atoms with E-state index in [0.717, 1.165) is 12.1 Å². The Bertz CT molecular complexity index is 718. The number of halogens is 2. The second kappa shape index (κ2) is 5.98. The number of rotatable bonds is 5. The Morgan fingerprint density at radius 2 is 2.09 bits per heavy atom. The van der Waals surface area contributed by atoms with Crippen LogP contribution in [0.4, 0.5) is 20.3 Å². The molecule has 1 unspecified atom stereocenters. The third kappa shape index (κ3) is 2.93. The topological polar surface area (TPSA) is 67.4 Å². The van der Waals surface area contributed by atoms with Gasteiger partial charge in [-0.15, -0.1) is 0 Å². The zero-order valence-corrected chi connectivity index (χ0v) is 12.1. The Labute approximate surface area is 130 Å². The fourth-order valence-corrected chi connectivity index (χ4v) is 2.03. The van der Waals surface area contributed by atoms with Crippen LogP contribution in [0, 0.1) is 11.6 Å². The number of aromatic nitrogens is 2. The number of ketones is 1. The summed E-state index contributed by atoms with van der Waals surface area (Å²) >= 11 is 4.05. The van der Waals surface area contributed by atoms with E-state index >= 15 is 0 Å². The van der Waals surface area contributed by atoms with E-state index in [1.807, 2.05) is 0 Å². The molecule has 1 N–H and O–H groups in total. The number of para-hydroxylation sites is 1. The number of ether oxygens (including phenoxy) is 1. The first kappa shape index (κ1) is 14.9. The maximum Gasteiger partial charge on any atom is 0.199 e. The average molecular weight is 323 g/mol. The van der Waals surface area contributed by atoms with Crippen LogP contribution in [-0.2, 0) is 10.5 Å². The zero-order chi connectivity index (χ0) is 15.7. The quantitative estimate of drug-likeness (QED) is 0.503. The van der Waals surface area contributed by atoms with Crippen LogP contribution in [0.15, 0.2) is 24.4 Å². The van der Waals surface area contributed by atoms with Crippen molar-refractivity contribution in [2.75, 3.05) is 11.9 Å². The van der Waals surface area contributed by atoms with Gasteiger partial charge in [0.25, 0.3) is 0 Å². The Hall–Kier alpha value is -2.06. The number of carbonyl (C=O) groups excluding carboxylic acids is 1. The minimum absolute atomic E-state index is 0.0311. The van der Waals surface area contributed by atoms with Crippen molar-refractivity contribution in [3.8, 4) is 0 Å². The highest BCUT2D eigenvalue weighted by atomic mass is 32.1. The van der Waals surface area contributed by atoms with E-state index in [1.54, 1.807) is 0 Å². The number of anilines is 2. The molecule has 1 aromatic carbocycles. The van der Waals surface area contributed by atoms with Crippen LogP contribution >= 0.6 is 12.6 Å². The molecule has 22 heavy (non-hydrogen) atoms. The first-order chi connectivity index (χ1) is 10.6. The third-order valence-electron chi connectivity index (χ3n) is 3.08. The number of Topliss-reactive ketones (excluding diaryl/α,β-unsaturated/α-hetero) is 1. The summed E-state index contributed by atoms with van der Waals surface area (Å²) in [6.07, 6.45) is 0.764. The second-order valence-corrected chi connectivity index (χ2v) is 4.93. The molecule has 1 aliphatic rings. The van der Waals surface area contributed by atoms with Gasteiger partial charge < -0.3 is 10.1 Å². The van der Waals surface area contributed by atoms with E-state index in [-0.39, 0.29) is 28.6 Å². The lowest BCUT2D eigenvalue weighted by Gasteiger charge is -2.12. The number of thiol groups is 1. The summed E-state index contributed by atoms with van der Waals surface area (Å²) in [6.45, 7) is 0.320. The van der Waals surface area contributed by atoms with Crippen LogP contribution in [-0.4, -0.2) is 28.5 Å². The van der Waals surface area contributed by atoms with Crippen molar-refractivity contribution in [3.05, 3.63) is 47.4 Å². The van der Waals surface area contributed by atoms with Gasteiger partial charge in [0.2, 0.25) is 0 Å². The summed E-state index contributed by atoms with van der Waals surface area (Å²) in [7, 11) is 0. The van der Waals surface area contributed by atoms with Crippen molar-refractivity contribution in [1.29, 1.82) is 0 Å². The van der Waals surface area contributed by atoms with Gasteiger partial charge in [-0.1, -0.05) is 6.07 Å². The molecule has 1 aromatic heterocycles. The van der Waals surface area contributed by atoms with E-state index in [4.69, 9.17) is 4.74 Å². The van der Waals surface area contributed by atoms with Crippen LogP contribution in [0.5, 0.6) is 0 Å². The first-order valence-electron chi connectivity index (χ1n) is 6.43. The number of benzene rings is 1. The van der Waals surface area contributed by atoms with Gasteiger partial charge in [0.15, 0.2) is 5.78 Å². The molecule has 8 heteroatoms. The van der Waals surface area contributed by atoms with E-state index < -0.39 is 17.7 Å². The summed E-state index contributed by atoms with van der Waals surface area (Å²) in [5.41, 5.74) is -0.257. The van der Waals surface area contributed by atoms with Crippen LogP contribution in [0.1, 0.15) is 16.2 Å². The van der Waals surface area contributed by atoms with E-state index in [2.05, 4.69) is 27.9 Å². The van der Waals surface area contributed by atoms with E-state index in [9.17, 15) is 13.6 Å². The van der Waals surface area contributed by atoms with Gasteiger partial charge in [-0.05, 0) is 12.1 Å². The van der Waals surface area contributed by atoms with Crippen LogP contribution in [0.25, 0.3) is 0 Å². The van der Waals surface area contributed by atoms with Crippen molar-refractivity contribution in [2.24, 2.45) is 0 Å². The maximum atomic E-state index is 13.8. The summed E-state index contributed by atoms with van der Waals surface area (Å²) in [5.74, 6) is -1.31. The molecule has 0 amide bonds. The molecule has 0 saturated carbocycles. The van der Waals surface area contributed by atoms with Crippen molar-refractivity contribution < 1.29 is 18.3 Å². The fraction of sp³-hybridized carbons (Fsp3) is 0.214. The van der Waals surface area contributed by atoms with Crippen LogP contribution < -0.4 is 5.32 Å². The summed E-state index contributed by atoms with van der Waals surface area (Å²) < 4.78 is 32.4. The molecule has 1 saturated heterocycles. The number of epoxide rings is 1. The average Bonchev–Trinajstić information content (AvgIpc) is 3.35. The third-order valence-corrected chi connectivity index (χ3v) is 3.36. The minimum Gasteiger partial charge on any atom is -0.364 e. The summed E-state index contributed by atoms with van der Waals surface area (Å²) in [5, 5.41) is 2.54. The number of nitrogens with one attached hydrogen (secondary N) is 1. The molecule has 5 nitrogen and oxygen atoms in total. The Morgan fingerprint density at radius 3 is 2.68 bits per heavy atom. The molecule has 0 spiro atoms. The largest absolute Gasteiger partial charge is 0.364 e. The molecule has 1 aliphatic heterocycles. The van der Waals surface area contributed by atoms with Crippen molar-refractivity contribution in [2.45, 2.75) is 11.9 Å². The minimum atomic E-state index is -0.785. The number of hydrogen-bond donors (Lipinski definition) is 2. The second-order valence-electron chi connectivity index (χ2n) is 4.61. The molecule has 1 atom stereocenters. The molecular weight excluding hydrogens is 312 g/mol. The van der Waals surface area contributed by atoms with Crippen molar-refractivity contribution in [1.82, 2.24) is 9.97 Å².